The zero-order valence-electron chi connectivity index (χ0n) is 16.1. The van der Waals surface area contributed by atoms with Crippen molar-refractivity contribution in [3.63, 3.8) is 0 Å². The smallest absolute Gasteiger partial charge is 0.325 e. The van der Waals surface area contributed by atoms with Crippen LogP contribution in [0.1, 0.15) is 49.4 Å². The molecule has 2 aliphatic rings. The lowest BCUT2D eigenvalue weighted by Crippen LogP contribution is -2.49. The van der Waals surface area contributed by atoms with E-state index in [0.717, 1.165) is 35.4 Å². The maximum atomic E-state index is 12.9. The minimum absolute atomic E-state index is 0.274. The molecule has 1 saturated carbocycles. The Kier molecular flexibility index (Phi) is 5.62. The van der Waals surface area contributed by atoms with Gasteiger partial charge < -0.3 is 10.6 Å². The number of aromatic nitrogens is 1. The lowest BCUT2D eigenvalue weighted by Gasteiger charge is -2.30. The average Bonchev–Trinajstić information content (AvgIpc) is 3.32. The van der Waals surface area contributed by atoms with E-state index in [1.165, 1.54) is 0 Å². The molecule has 29 heavy (non-hydrogen) atoms. The standard InChI is InChI=1S/C21H24N4O3S/c26-18(13-25-19(27)21(24-20(25)28)8-3-1-4-9-21)23-17(12-15-7-11-29-14-15)16-6-2-5-10-22-16/h2,5-7,10-11,14,17H,1,3-4,8-9,12-13H2,(H,23,26)(H,24,28). The van der Waals surface area contributed by atoms with Gasteiger partial charge in [-0.05, 0) is 53.8 Å². The van der Waals surface area contributed by atoms with E-state index in [0.29, 0.717) is 19.3 Å². The predicted molar refractivity (Wildman–Crippen MR) is 109 cm³/mol. The molecule has 1 saturated heterocycles. The van der Waals surface area contributed by atoms with Gasteiger partial charge in [0.15, 0.2) is 0 Å². The van der Waals surface area contributed by atoms with Crippen molar-refractivity contribution >= 4 is 29.2 Å². The Morgan fingerprint density at radius 1 is 1.24 bits per heavy atom. The molecule has 2 N–H and O–H groups in total. The van der Waals surface area contributed by atoms with Crippen molar-refractivity contribution in [2.75, 3.05) is 6.54 Å². The van der Waals surface area contributed by atoms with Crippen LogP contribution in [-0.2, 0) is 16.0 Å². The van der Waals surface area contributed by atoms with Crippen LogP contribution >= 0.6 is 11.3 Å². The number of nitrogens with zero attached hydrogens (tertiary/aromatic N) is 2. The van der Waals surface area contributed by atoms with Gasteiger partial charge in [0, 0.05) is 6.20 Å². The minimum Gasteiger partial charge on any atom is -0.346 e. The highest BCUT2D eigenvalue weighted by Gasteiger charge is 2.51. The molecule has 152 valence electrons. The first-order chi connectivity index (χ1) is 14.1. The first kappa shape index (κ1) is 19.6. The van der Waals surface area contributed by atoms with Crippen LogP contribution in [0.3, 0.4) is 0 Å². The summed E-state index contributed by atoms with van der Waals surface area (Å²) in [6, 6.07) is 6.77. The highest BCUT2D eigenvalue weighted by atomic mass is 32.1. The van der Waals surface area contributed by atoms with Gasteiger partial charge in [0.05, 0.1) is 11.7 Å². The molecule has 1 atom stereocenters. The van der Waals surface area contributed by atoms with Crippen LogP contribution in [0.4, 0.5) is 4.79 Å². The van der Waals surface area contributed by atoms with Crippen molar-refractivity contribution in [2.45, 2.75) is 50.1 Å². The van der Waals surface area contributed by atoms with E-state index in [2.05, 4.69) is 15.6 Å². The molecule has 0 aromatic carbocycles. The fraction of sp³-hybridized carbons (Fsp3) is 0.429. The summed E-state index contributed by atoms with van der Waals surface area (Å²) in [6.45, 7) is -0.278. The van der Waals surface area contributed by atoms with Crippen molar-refractivity contribution in [3.8, 4) is 0 Å². The molecule has 1 aliphatic carbocycles. The molecule has 7 nitrogen and oxygen atoms in total. The lowest BCUT2D eigenvalue weighted by atomic mass is 9.82. The van der Waals surface area contributed by atoms with Gasteiger partial charge in [0.25, 0.3) is 5.91 Å². The summed E-state index contributed by atoms with van der Waals surface area (Å²) in [4.78, 5) is 43.5. The molecule has 1 unspecified atom stereocenters. The third kappa shape index (κ3) is 4.17. The number of amides is 4. The number of carbonyl (C=O) groups excluding carboxylic acids is 3. The monoisotopic (exact) mass is 412 g/mol. The molecule has 2 fully saturated rings. The van der Waals surface area contributed by atoms with Crippen molar-refractivity contribution in [3.05, 3.63) is 52.5 Å². The van der Waals surface area contributed by atoms with Gasteiger partial charge in [-0.25, -0.2) is 4.79 Å². The van der Waals surface area contributed by atoms with Gasteiger partial charge in [0.1, 0.15) is 12.1 Å². The van der Waals surface area contributed by atoms with Gasteiger partial charge in [-0.3, -0.25) is 19.5 Å². The van der Waals surface area contributed by atoms with Crippen LogP contribution in [0.5, 0.6) is 0 Å². The third-order valence-electron chi connectivity index (χ3n) is 5.65. The minimum atomic E-state index is -0.813. The highest BCUT2D eigenvalue weighted by molar-refractivity contribution is 7.07. The van der Waals surface area contributed by atoms with Crippen molar-refractivity contribution < 1.29 is 14.4 Å². The maximum Gasteiger partial charge on any atom is 0.325 e. The largest absolute Gasteiger partial charge is 0.346 e. The summed E-state index contributed by atoms with van der Waals surface area (Å²) >= 11 is 1.60. The predicted octanol–water partition coefficient (Wildman–Crippen LogP) is 2.80. The van der Waals surface area contributed by atoms with Crippen LogP contribution in [0.25, 0.3) is 0 Å². The fourth-order valence-corrected chi connectivity index (χ4v) is 4.84. The summed E-state index contributed by atoms with van der Waals surface area (Å²) in [7, 11) is 0. The van der Waals surface area contributed by atoms with E-state index in [1.54, 1.807) is 17.5 Å². The number of hydrogen-bond acceptors (Lipinski definition) is 5. The van der Waals surface area contributed by atoms with E-state index in [9.17, 15) is 14.4 Å². The molecule has 1 spiro atoms. The van der Waals surface area contributed by atoms with Crippen LogP contribution in [0, 0.1) is 0 Å². The first-order valence-corrected chi connectivity index (χ1v) is 10.9. The second-order valence-corrected chi connectivity index (χ2v) is 8.45. The van der Waals surface area contributed by atoms with Crippen LogP contribution < -0.4 is 10.6 Å². The van der Waals surface area contributed by atoms with Crippen LogP contribution in [0.2, 0.25) is 0 Å². The Hall–Kier alpha value is -2.74. The number of rotatable bonds is 6. The van der Waals surface area contributed by atoms with Crippen LogP contribution in [0.15, 0.2) is 41.2 Å². The number of nitrogens with one attached hydrogen (secondary N) is 2. The Balaban J connectivity index is 1.45. The number of carbonyl (C=O) groups is 3. The summed E-state index contributed by atoms with van der Waals surface area (Å²) in [5.41, 5.74) is 1.03. The zero-order valence-corrected chi connectivity index (χ0v) is 16.9. The van der Waals surface area contributed by atoms with E-state index < -0.39 is 11.6 Å². The van der Waals surface area contributed by atoms with Crippen LogP contribution in [-0.4, -0.2) is 39.8 Å². The second kappa shape index (κ2) is 8.32. The number of hydrogen-bond donors (Lipinski definition) is 2. The molecule has 3 heterocycles. The molecule has 0 radical (unpaired) electrons. The Labute approximate surface area is 173 Å². The topological polar surface area (TPSA) is 91.4 Å². The van der Waals surface area contributed by atoms with E-state index in [1.807, 2.05) is 35.0 Å². The van der Waals surface area contributed by atoms with Gasteiger partial charge in [0.2, 0.25) is 5.91 Å². The molecular formula is C21H24N4O3S. The number of urea groups is 1. The molecule has 8 heteroatoms. The van der Waals surface area contributed by atoms with Crippen molar-refractivity contribution in [1.82, 2.24) is 20.5 Å². The molecule has 1 aliphatic heterocycles. The lowest BCUT2D eigenvalue weighted by molar-refractivity contribution is -0.136. The average molecular weight is 413 g/mol. The van der Waals surface area contributed by atoms with E-state index >= 15 is 0 Å². The normalized spacial score (nSPS) is 19.2. The summed E-state index contributed by atoms with van der Waals surface area (Å²) in [6.07, 6.45) is 6.46. The summed E-state index contributed by atoms with van der Waals surface area (Å²) in [5, 5.41) is 9.83. The Bertz CT molecular complexity index is 879. The molecule has 2 aromatic heterocycles. The Morgan fingerprint density at radius 2 is 2.07 bits per heavy atom. The third-order valence-corrected chi connectivity index (χ3v) is 6.39. The first-order valence-electron chi connectivity index (χ1n) is 9.93. The van der Waals surface area contributed by atoms with Crippen molar-refractivity contribution in [2.24, 2.45) is 0 Å². The van der Waals surface area contributed by atoms with E-state index in [4.69, 9.17) is 0 Å². The number of imide groups is 1. The quantitative estimate of drug-likeness (QED) is 0.714. The van der Waals surface area contributed by atoms with Gasteiger partial charge in [-0.15, -0.1) is 0 Å². The fourth-order valence-electron chi connectivity index (χ4n) is 4.15. The summed E-state index contributed by atoms with van der Waals surface area (Å²) < 4.78 is 0. The number of pyridine rings is 1. The van der Waals surface area contributed by atoms with Crippen molar-refractivity contribution in [1.29, 1.82) is 0 Å². The molecule has 0 bridgehead atoms. The van der Waals surface area contributed by atoms with E-state index in [-0.39, 0.29) is 24.4 Å². The number of thiophene rings is 1. The molecular weight excluding hydrogens is 388 g/mol. The second-order valence-electron chi connectivity index (χ2n) is 7.67. The van der Waals surface area contributed by atoms with Gasteiger partial charge in [-0.1, -0.05) is 25.3 Å². The highest BCUT2D eigenvalue weighted by Crippen LogP contribution is 2.33. The Morgan fingerprint density at radius 3 is 2.76 bits per heavy atom. The summed E-state index contributed by atoms with van der Waals surface area (Å²) in [5.74, 6) is -0.642. The van der Waals surface area contributed by atoms with Gasteiger partial charge >= 0.3 is 6.03 Å². The van der Waals surface area contributed by atoms with Gasteiger partial charge in [-0.2, -0.15) is 11.3 Å². The molecule has 4 amide bonds. The molecule has 4 rings (SSSR count). The maximum absolute atomic E-state index is 12.9. The zero-order chi connectivity index (χ0) is 20.3. The SMILES string of the molecule is O=C(CN1C(=O)NC2(CCCCC2)C1=O)NC(Cc1ccsc1)c1ccccn1. The molecule has 2 aromatic rings.